The standard InChI is InChI=1S/C19H17N3O/c1-14-6-8-17(9-7-14)21-19(23)16(12-20)13-22-11-10-15-4-2-3-5-18(15)22/h2-9,13H,10-11H2,1H3,(H,21,23)/b16-13-. The average molecular weight is 303 g/mol. The second kappa shape index (κ2) is 6.37. The van der Waals surface area contributed by atoms with Crippen molar-refractivity contribution in [1.82, 2.24) is 0 Å². The lowest BCUT2D eigenvalue weighted by atomic mass is 10.2. The van der Waals surface area contributed by atoms with Crippen molar-refractivity contribution in [1.29, 1.82) is 5.26 Å². The normalized spacial score (nSPS) is 13.4. The van der Waals surface area contributed by atoms with Gasteiger partial charge in [0.15, 0.2) is 0 Å². The molecule has 2 aromatic carbocycles. The van der Waals surface area contributed by atoms with Crippen LogP contribution in [-0.4, -0.2) is 12.5 Å². The Morgan fingerprint density at radius 3 is 2.70 bits per heavy atom. The van der Waals surface area contributed by atoms with Crippen LogP contribution in [0.2, 0.25) is 0 Å². The molecule has 4 nitrogen and oxygen atoms in total. The fourth-order valence-electron chi connectivity index (χ4n) is 2.63. The first-order valence-electron chi connectivity index (χ1n) is 7.52. The van der Waals surface area contributed by atoms with Crippen LogP contribution in [0.1, 0.15) is 11.1 Å². The van der Waals surface area contributed by atoms with Gasteiger partial charge in [-0.3, -0.25) is 4.79 Å². The van der Waals surface area contributed by atoms with E-state index in [4.69, 9.17) is 0 Å². The summed E-state index contributed by atoms with van der Waals surface area (Å²) in [5.74, 6) is -0.388. The molecule has 23 heavy (non-hydrogen) atoms. The number of para-hydroxylation sites is 1. The smallest absolute Gasteiger partial charge is 0.267 e. The Morgan fingerprint density at radius 1 is 1.22 bits per heavy atom. The molecule has 1 aliphatic heterocycles. The first-order chi connectivity index (χ1) is 11.2. The molecule has 114 valence electrons. The number of benzene rings is 2. The zero-order chi connectivity index (χ0) is 16.2. The van der Waals surface area contributed by atoms with Gasteiger partial charge >= 0.3 is 0 Å². The van der Waals surface area contributed by atoms with E-state index < -0.39 is 0 Å². The zero-order valence-electron chi connectivity index (χ0n) is 12.9. The number of aryl methyl sites for hydroxylation is 1. The van der Waals surface area contributed by atoms with E-state index in [9.17, 15) is 10.1 Å². The summed E-state index contributed by atoms with van der Waals surface area (Å²) in [6, 6.07) is 17.5. The van der Waals surface area contributed by atoms with Gasteiger partial charge in [-0.25, -0.2) is 0 Å². The number of hydrogen-bond acceptors (Lipinski definition) is 3. The van der Waals surface area contributed by atoms with Crippen LogP contribution < -0.4 is 10.2 Å². The van der Waals surface area contributed by atoms with E-state index in [-0.39, 0.29) is 11.5 Å². The first kappa shape index (κ1) is 14.9. The first-order valence-corrected chi connectivity index (χ1v) is 7.52. The summed E-state index contributed by atoms with van der Waals surface area (Å²) < 4.78 is 0. The van der Waals surface area contributed by atoms with E-state index in [1.165, 1.54) is 5.56 Å². The minimum atomic E-state index is -0.388. The molecular weight excluding hydrogens is 286 g/mol. The Bertz CT molecular complexity index is 800. The minimum absolute atomic E-state index is 0.0993. The van der Waals surface area contributed by atoms with Crippen LogP contribution in [0.5, 0.6) is 0 Å². The summed E-state index contributed by atoms with van der Waals surface area (Å²) in [5, 5.41) is 12.1. The molecule has 0 spiro atoms. The molecule has 1 amide bonds. The summed E-state index contributed by atoms with van der Waals surface area (Å²) in [6.45, 7) is 2.76. The van der Waals surface area contributed by atoms with Crippen molar-refractivity contribution in [3.63, 3.8) is 0 Å². The summed E-state index contributed by atoms with van der Waals surface area (Å²) in [6.07, 6.45) is 2.56. The third kappa shape index (κ3) is 3.24. The Kier molecular flexibility index (Phi) is 4.11. The predicted molar refractivity (Wildman–Crippen MR) is 91.0 cm³/mol. The van der Waals surface area contributed by atoms with Crippen LogP contribution in [0.15, 0.2) is 60.3 Å². The van der Waals surface area contributed by atoms with Gasteiger partial charge in [0.05, 0.1) is 0 Å². The van der Waals surface area contributed by atoms with Gasteiger partial charge in [0.25, 0.3) is 5.91 Å². The van der Waals surface area contributed by atoms with Crippen molar-refractivity contribution in [2.75, 3.05) is 16.8 Å². The molecule has 2 aromatic rings. The molecule has 0 radical (unpaired) electrons. The van der Waals surface area contributed by atoms with Gasteiger partial charge < -0.3 is 10.2 Å². The largest absolute Gasteiger partial charge is 0.346 e. The number of nitriles is 1. The number of anilines is 2. The Morgan fingerprint density at radius 2 is 1.96 bits per heavy atom. The van der Waals surface area contributed by atoms with Crippen molar-refractivity contribution < 1.29 is 4.79 Å². The number of carbonyl (C=O) groups is 1. The van der Waals surface area contributed by atoms with Gasteiger partial charge in [0.2, 0.25) is 0 Å². The maximum Gasteiger partial charge on any atom is 0.267 e. The molecule has 0 unspecified atom stereocenters. The molecule has 3 rings (SSSR count). The van der Waals surface area contributed by atoms with Crippen LogP contribution in [0.25, 0.3) is 0 Å². The van der Waals surface area contributed by atoms with Gasteiger partial charge in [-0.05, 0) is 37.1 Å². The third-order valence-corrected chi connectivity index (χ3v) is 3.88. The number of carbonyl (C=O) groups excluding carboxylic acids is 1. The van der Waals surface area contributed by atoms with E-state index in [2.05, 4.69) is 11.4 Å². The highest BCUT2D eigenvalue weighted by Crippen LogP contribution is 2.28. The van der Waals surface area contributed by atoms with Crippen LogP contribution in [0.4, 0.5) is 11.4 Å². The van der Waals surface area contributed by atoms with Crippen LogP contribution in [0, 0.1) is 18.3 Å². The highest BCUT2D eigenvalue weighted by atomic mass is 16.1. The van der Waals surface area contributed by atoms with Gasteiger partial charge in [-0.2, -0.15) is 5.26 Å². The highest BCUT2D eigenvalue weighted by Gasteiger charge is 2.19. The minimum Gasteiger partial charge on any atom is -0.346 e. The molecule has 1 N–H and O–H groups in total. The van der Waals surface area contributed by atoms with Crippen LogP contribution in [0.3, 0.4) is 0 Å². The summed E-state index contributed by atoms with van der Waals surface area (Å²) in [5.41, 5.74) is 4.20. The lowest BCUT2D eigenvalue weighted by Gasteiger charge is -2.14. The molecule has 1 aliphatic rings. The fraction of sp³-hybridized carbons (Fsp3) is 0.158. The number of rotatable bonds is 3. The number of nitrogens with one attached hydrogen (secondary N) is 1. The van der Waals surface area contributed by atoms with Crippen LogP contribution >= 0.6 is 0 Å². The predicted octanol–water partition coefficient (Wildman–Crippen LogP) is 3.40. The van der Waals surface area contributed by atoms with Gasteiger partial charge in [0, 0.05) is 24.1 Å². The van der Waals surface area contributed by atoms with Gasteiger partial charge in [0.1, 0.15) is 11.6 Å². The number of amides is 1. The lowest BCUT2D eigenvalue weighted by Crippen LogP contribution is -2.19. The van der Waals surface area contributed by atoms with Gasteiger partial charge in [-0.1, -0.05) is 35.9 Å². The van der Waals surface area contributed by atoms with Crippen molar-refractivity contribution in [3.05, 3.63) is 71.4 Å². The van der Waals surface area contributed by atoms with E-state index in [0.29, 0.717) is 5.69 Å². The van der Waals surface area contributed by atoms with Crippen molar-refractivity contribution in [3.8, 4) is 6.07 Å². The summed E-state index contributed by atoms with van der Waals surface area (Å²) in [4.78, 5) is 14.3. The van der Waals surface area contributed by atoms with Crippen molar-refractivity contribution >= 4 is 17.3 Å². The van der Waals surface area contributed by atoms with E-state index in [1.807, 2.05) is 60.4 Å². The Balaban J connectivity index is 1.79. The molecule has 0 atom stereocenters. The molecule has 0 bridgehead atoms. The molecule has 0 saturated heterocycles. The van der Waals surface area contributed by atoms with Crippen molar-refractivity contribution in [2.45, 2.75) is 13.3 Å². The summed E-state index contributed by atoms with van der Waals surface area (Å²) >= 11 is 0. The van der Waals surface area contributed by atoms with E-state index in [1.54, 1.807) is 6.20 Å². The number of hydrogen-bond donors (Lipinski definition) is 1. The van der Waals surface area contributed by atoms with E-state index >= 15 is 0 Å². The molecular formula is C19H17N3O. The van der Waals surface area contributed by atoms with E-state index in [0.717, 1.165) is 24.2 Å². The highest BCUT2D eigenvalue weighted by molar-refractivity contribution is 6.06. The molecule has 1 heterocycles. The maximum atomic E-state index is 12.3. The van der Waals surface area contributed by atoms with Crippen LogP contribution in [-0.2, 0) is 11.2 Å². The SMILES string of the molecule is Cc1ccc(NC(=O)/C(C#N)=C\N2CCc3ccccc32)cc1. The topological polar surface area (TPSA) is 56.1 Å². The lowest BCUT2D eigenvalue weighted by molar-refractivity contribution is -0.112. The molecule has 0 aromatic heterocycles. The maximum absolute atomic E-state index is 12.3. The van der Waals surface area contributed by atoms with Gasteiger partial charge in [-0.15, -0.1) is 0 Å². The molecule has 0 saturated carbocycles. The number of fused-ring (bicyclic) bond motifs is 1. The Hall–Kier alpha value is -3.06. The average Bonchev–Trinajstić information content (AvgIpc) is 2.97. The Labute approximate surface area is 135 Å². The number of nitrogens with zero attached hydrogens (tertiary/aromatic N) is 2. The zero-order valence-corrected chi connectivity index (χ0v) is 12.9. The third-order valence-electron chi connectivity index (χ3n) is 3.88. The van der Waals surface area contributed by atoms with Crippen molar-refractivity contribution in [2.24, 2.45) is 0 Å². The fourth-order valence-corrected chi connectivity index (χ4v) is 2.63. The quantitative estimate of drug-likeness (QED) is 0.698. The molecule has 0 aliphatic carbocycles. The second-order valence-electron chi connectivity index (χ2n) is 5.55. The molecule has 0 fully saturated rings. The summed E-state index contributed by atoms with van der Waals surface area (Å²) in [7, 11) is 0. The molecule has 4 heteroatoms. The monoisotopic (exact) mass is 303 g/mol. The second-order valence-corrected chi connectivity index (χ2v) is 5.55.